The van der Waals surface area contributed by atoms with Crippen LogP contribution in [0.15, 0.2) is 58.4 Å². The second-order valence-electron chi connectivity index (χ2n) is 8.55. The van der Waals surface area contributed by atoms with Gasteiger partial charge in [0, 0.05) is 26.5 Å². The second kappa shape index (κ2) is 12.4. The molecule has 0 atom stereocenters. The van der Waals surface area contributed by atoms with Crippen LogP contribution in [0.3, 0.4) is 0 Å². The van der Waals surface area contributed by atoms with E-state index in [0.29, 0.717) is 41.4 Å². The summed E-state index contributed by atoms with van der Waals surface area (Å²) in [6, 6.07) is 11.7. The standard InChI is InChI=1S/C28H30N4O7/c1-5-39-28(35)20-17-19-25(29-23-9-6-7-12-31(23)27(19)34)32(13-8-14-36-2)26(20)30-24(33)16-18-10-11-21(37-3)22(15-18)38-4/h6-7,9-12,15,17H,5,8,13-14,16H2,1-4H3. The van der Waals surface area contributed by atoms with Gasteiger partial charge in [0.25, 0.3) is 11.5 Å². The molecule has 0 aliphatic rings. The molecule has 1 aromatic carbocycles. The van der Waals surface area contributed by atoms with Crippen LogP contribution >= 0.6 is 0 Å². The number of aromatic nitrogens is 3. The Morgan fingerprint density at radius 1 is 1.03 bits per heavy atom. The van der Waals surface area contributed by atoms with E-state index in [-0.39, 0.29) is 41.6 Å². The first-order chi connectivity index (χ1) is 18.9. The normalized spacial score (nSPS) is 11.6. The van der Waals surface area contributed by atoms with Gasteiger partial charge in [0.1, 0.15) is 16.9 Å². The summed E-state index contributed by atoms with van der Waals surface area (Å²) >= 11 is 0. The molecule has 11 nitrogen and oxygen atoms in total. The van der Waals surface area contributed by atoms with Gasteiger partial charge in [-0.2, -0.15) is 4.99 Å². The smallest absolute Gasteiger partial charge is 0.341 e. The maximum atomic E-state index is 13.4. The zero-order valence-electron chi connectivity index (χ0n) is 22.3. The maximum absolute atomic E-state index is 13.4. The summed E-state index contributed by atoms with van der Waals surface area (Å²) < 4.78 is 24.1. The van der Waals surface area contributed by atoms with Crippen molar-refractivity contribution in [1.29, 1.82) is 0 Å². The molecule has 4 rings (SSSR count). The Hall–Kier alpha value is -4.51. The van der Waals surface area contributed by atoms with Crippen molar-refractivity contribution in [2.24, 2.45) is 4.99 Å². The van der Waals surface area contributed by atoms with Gasteiger partial charge in [0.15, 0.2) is 17.0 Å². The van der Waals surface area contributed by atoms with E-state index in [4.69, 9.17) is 18.9 Å². The van der Waals surface area contributed by atoms with Gasteiger partial charge in [-0.15, -0.1) is 0 Å². The number of ether oxygens (including phenoxy) is 4. The number of aryl methyl sites for hydroxylation is 1. The number of rotatable bonds is 10. The number of hydrogen-bond donors (Lipinski definition) is 0. The van der Waals surface area contributed by atoms with Crippen LogP contribution in [0.2, 0.25) is 0 Å². The van der Waals surface area contributed by atoms with Crippen LogP contribution in [0.4, 0.5) is 0 Å². The molecule has 4 aromatic rings. The number of fused-ring (bicyclic) bond motifs is 2. The van der Waals surface area contributed by atoms with Crippen molar-refractivity contribution in [2.75, 3.05) is 34.5 Å². The van der Waals surface area contributed by atoms with E-state index in [1.807, 2.05) is 0 Å². The Labute approximate surface area is 224 Å². The number of pyridine rings is 2. The van der Waals surface area contributed by atoms with Gasteiger partial charge in [-0.05, 0) is 49.2 Å². The molecule has 39 heavy (non-hydrogen) atoms. The highest BCUT2D eigenvalue weighted by atomic mass is 16.5. The zero-order chi connectivity index (χ0) is 27.9. The lowest BCUT2D eigenvalue weighted by Gasteiger charge is -2.15. The maximum Gasteiger partial charge on any atom is 0.341 e. The molecule has 0 N–H and O–H groups in total. The van der Waals surface area contributed by atoms with Crippen LogP contribution in [-0.4, -0.2) is 60.4 Å². The third-order valence-electron chi connectivity index (χ3n) is 6.05. The monoisotopic (exact) mass is 534 g/mol. The lowest BCUT2D eigenvalue weighted by molar-refractivity contribution is -0.117. The van der Waals surface area contributed by atoms with Crippen LogP contribution in [0.25, 0.3) is 16.7 Å². The van der Waals surface area contributed by atoms with E-state index in [1.165, 1.54) is 24.7 Å². The lowest BCUT2D eigenvalue weighted by atomic mass is 10.1. The number of amides is 1. The summed E-state index contributed by atoms with van der Waals surface area (Å²) in [5.74, 6) is -0.197. The van der Waals surface area contributed by atoms with Crippen LogP contribution < -0.4 is 20.5 Å². The molecule has 204 valence electrons. The van der Waals surface area contributed by atoms with Gasteiger partial charge in [-0.3, -0.25) is 14.0 Å². The zero-order valence-corrected chi connectivity index (χ0v) is 22.3. The predicted octanol–water partition coefficient (Wildman–Crippen LogP) is 2.55. The minimum atomic E-state index is -0.699. The van der Waals surface area contributed by atoms with E-state index in [9.17, 15) is 14.4 Å². The van der Waals surface area contributed by atoms with Crippen LogP contribution in [0, 0.1) is 0 Å². The quantitative estimate of drug-likeness (QED) is 0.173. The molecule has 0 saturated carbocycles. The van der Waals surface area contributed by atoms with Crippen molar-refractivity contribution in [3.05, 3.63) is 75.6 Å². The van der Waals surface area contributed by atoms with Gasteiger partial charge in [0.2, 0.25) is 0 Å². The molecule has 0 aliphatic carbocycles. The SMILES string of the molecule is CCOC(=O)c1cc2c(=O)n3ccccc3nc2n(CCCOC)c1=NC(=O)Cc1ccc(OC)c(OC)c1. The van der Waals surface area contributed by atoms with Crippen LogP contribution in [0.1, 0.15) is 29.3 Å². The number of benzene rings is 1. The van der Waals surface area contributed by atoms with Gasteiger partial charge < -0.3 is 23.5 Å². The van der Waals surface area contributed by atoms with Gasteiger partial charge in [-0.25, -0.2) is 9.78 Å². The highest BCUT2D eigenvalue weighted by molar-refractivity contribution is 5.93. The highest BCUT2D eigenvalue weighted by Gasteiger charge is 2.20. The third kappa shape index (κ3) is 5.83. The van der Waals surface area contributed by atoms with Crippen molar-refractivity contribution in [3.8, 4) is 11.5 Å². The number of methoxy groups -OCH3 is 3. The van der Waals surface area contributed by atoms with E-state index in [1.54, 1.807) is 61.2 Å². The first kappa shape index (κ1) is 27.5. The second-order valence-corrected chi connectivity index (χ2v) is 8.55. The lowest BCUT2D eigenvalue weighted by Crippen LogP contribution is -2.33. The van der Waals surface area contributed by atoms with Crippen molar-refractivity contribution in [2.45, 2.75) is 26.3 Å². The average molecular weight is 535 g/mol. The van der Waals surface area contributed by atoms with E-state index < -0.39 is 11.9 Å². The number of carbonyl (C=O) groups is 2. The predicted molar refractivity (Wildman–Crippen MR) is 143 cm³/mol. The molecular formula is C28H30N4O7. The summed E-state index contributed by atoms with van der Waals surface area (Å²) in [6.07, 6.45) is 2.06. The summed E-state index contributed by atoms with van der Waals surface area (Å²) in [5, 5.41) is 0.199. The van der Waals surface area contributed by atoms with Gasteiger partial charge >= 0.3 is 5.97 Å². The molecule has 3 aromatic heterocycles. The number of hydrogen-bond acceptors (Lipinski definition) is 8. The van der Waals surface area contributed by atoms with E-state index in [0.717, 1.165) is 0 Å². The van der Waals surface area contributed by atoms with Gasteiger partial charge in [0.05, 0.1) is 32.6 Å². The average Bonchev–Trinajstić information content (AvgIpc) is 2.94. The Balaban J connectivity index is 1.95. The summed E-state index contributed by atoms with van der Waals surface area (Å²) in [5.41, 5.74) is 1.07. The first-order valence-electron chi connectivity index (χ1n) is 12.4. The number of esters is 1. The number of nitrogens with zero attached hydrogens (tertiary/aromatic N) is 4. The van der Waals surface area contributed by atoms with Gasteiger partial charge in [-0.1, -0.05) is 12.1 Å². The minimum absolute atomic E-state index is 0.00258. The van der Waals surface area contributed by atoms with Crippen LogP contribution in [0.5, 0.6) is 11.5 Å². The molecule has 3 heterocycles. The first-order valence-corrected chi connectivity index (χ1v) is 12.4. The summed E-state index contributed by atoms with van der Waals surface area (Å²) in [7, 11) is 4.62. The molecular weight excluding hydrogens is 504 g/mol. The Morgan fingerprint density at radius 2 is 1.82 bits per heavy atom. The fourth-order valence-electron chi connectivity index (χ4n) is 4.26. The molecule has 0 fully saturated rings. The minimum Gasteiger partial charge on any atom is -0.493 e. The molecule has 0 radical (unpaired) electrons. The van der Waals surface area contributed by atoms with Crippen molar-refractivity contribution < 1.29 is 28.5 Å². The fourth-order valence-corrected chi connectivity index (χ4v) is 4.26. The van der Waals surface area contributed by atoms with E-state index in [2.05, 4.69) is 9.98 Å². The number of carbonyl (C=O) groups excluding carboxylic acids is 2. The van der Waals surface area contributed by atoms with Crippen molar-refractivity contribution in [3.63, 3.8) is 0 Å². The Morgan fingerprint density at radius 3 is 2.54 bits per heavy atom. The highest BCUT2D eigenvalue weighted by Crippen LogP contribution is 2.27. The van der Waals surface area contributed by atoms with E-state index >= 15 is 0 Å². The summed E-state index contributed by atoms with van der Waals surface area (Å²) in [6.45, 7) is 2.47. The van der Waals surface area contributed by atoms with Crippen molar-refractivity contribution in [1.82, 2.24) is 14.0 Å². The molecule has 0 bridgehead atoms. The molecule has 0 unspecified atom stereocenters. The Kier molecular flexibility index (Phi) is 8.72. The van der Waals surface area contributed by atoms with Crippen molar-refractivity contribution >= 4 is 28.6 Å². The third-order valence-corrected chi connectivity index (χ3v) is 6.05. The fraction of sp³-hybridized carbons (Fsp3) is 0.321. The van der Waals surface area contributed by atoms with Crippen LogP contribution in [-0.2, 0) is 27.2 Å². The molecule has 0 aliphatic heterocycles. The Bertz CT molecular complexity index is 1660. The molecule has 11 heteroatoms. The molecule has 0 spiro atoms. The molecule has 0 saturated heterocycles. The summed E-state index contributed by atoms with van der Waals surface area (Å²) in [4.78, 5) is 48.8. The topological polar surface area (TPSA) is 123 Å². The largest absolute Gasteiger partial charge is 0.493 e. The molecule has 1 amide bonds.